The molecule has 1 amide bonds. The second-order valence-corrected chi connectivity index (χ2v) is 10.2. The van der Waals surface area contributed by atoms with Crippen LogP contribution < -0.4 is 14.5 Å². The summed E-state index contributed by atoms with van der Waals surface area (Å²) in [7, 11) is 0. The zero-order valence-electron chi connectivity index (χ0n) is 18.5. The summed E-state index contributed by atoms with van der Waals surface area (Å²) >= 11 is 7.19. The molecule has 1 spiro atoms. The molecule has 1 N–H and O–H groups in total. The zero-order valence-corrected chi connectivity index (χ0v) is 20.1. The van der Waals surface area contributed by atoms with Gasteiger partial charge in [0.15, 0.2) is 5.11 Å². The van der Waals surface area contributed by atoms with E-state index in [9.17, 15) is 23.1 Å². The summed E-state index contributed by atoms with van der Waals surface area (Å²) in [5, 5.41) is 19.1. The average molecular weight is 520 g/mol. The predicted molar refractivity (Wildman–Crippen MR) is 129 cm³/mol. The van der Waals surface area contributed by atoms with Gasteiger partial charge in [-0.15, -0.1) is 11.8 Å². The van der Waals surface area contributed by atoms with Crippen LogP contribution in [0.2, 0.25) is 0 Å². The normalized spacial score (nSPS) is 21.9. The Morgan fingerprint density at radius 1 is 1.26 bits per heavy atom. The number of aliphatic hydroxyl groups is 1. The molecule has 0 aromatic heterocycles. The van der Waals surface area contributed by atoms with Gasteiger partial charge >= 0.3 is 6.18 Å². The molecule has 2 heterocycles. The third-order valence-corrected chi connectivity index (χ3v) is 8.18. The molecule has 182 valence electrons. The first-order valence-electron chi connectivity index (χ1n) is 11.0. The number of thioether (sulfide) groups is 1. The van der Waals surface area contributed by atoms with E-state index in [0.29, 0.717) is 30.0 Å². The van der Waals surface area contributed by atoms with E-state index in [0.717, 1.165) is 28.3 Å². The van der Waals surface area contributed by atoms with E-state index < -0.39 is 28.9 Å². The largest absolute Gasteiger partial charge is 0.486 e. The van der Waals surface area contributed by atoms with Crippen molar-refractivity contribution in [1.82, 2.24) is 0 Å². The Morgan fingerprint density at radius 3 is 2.57 bits per heavy atom. The number of carbonyl (C=O) groups is 1. The maximum Gasteiger partial charge on any atom is 0.417 e. The molecule has 2 fully saturated rings. The zero-order chi connectivity index (χ0) is 25.1. The molecule has 2 atom stereocenters. The van der Waals surface area contributed by atoms with Crippen LogP contribution in [0.25, 0.3) is 0 Å². The minimum absolute atomic E-state index is 0.0180. The molecule has 1 aliphatic carbocycles. The second-order valence-electron chi connectivity index (χ2n) is 8.82. The highest BCUT2D eigenvalue weighted by Crippen LogP contribution is 2.50. The number of anilines is 2. The van der Waals surface area contributed by atoms with Crippen molar-refractivity contribution in [1.29, 1.82) is 5.26 Å². The Kier molecular flexibility index (Phi) is 5.74. The number of thiocarbonyl (C=S) groups is 1. The Balaban J connectivity index is 1.54. The topological polar surface area (TPSA) is 76.8 Å². The van der Waals surface area contributed by atoms with Crippen molar-refractivity contribution < 1.29 is 27.8 Å². The molecule has 6 nitrogen and oxygen atoms in total. The maximum absolute atomic E-state index is 13.6. The number of aliphatic hydroxyl groups excluding tert-OH is 1. The summed E-state index contributed by atoms with van der Waals surface area (Å²) in [6.07, 6.45) is -3.87. The number of ether oxygens (including phenoxy) is 1. The van der Waals surface area contributed by atoms with Gasteiger partial charge in [0.2, 0.25) is 0 Å². The first kappa shape index (κ1) is 23.9. The summed E-state index contributed by atoms with van der Waals surface area (Å²) in [6.45, 7) is 1.67. The van der Waals surface area contributed by atoms with E-state index in [1.54, 1.807) is 30.0 Å². The van der Waals surface area contributed by atoms with E-state index in [4.69, 9.17) is 22.2 Å². The summed E-state index contributed by atoms with van der Waals surface area (Å²) < 4.78 is 46.6. The summed E-state index contributed by atoms with van der Waals surface area (Å²) in [5.74, 6) is 0.802. The van der Waals surface area contributed by atoms with E-state index >= 15 is 0 Å². The minimum Gasteiger partial charge on any atom is -0.486 e. The minimum atomic E-state index is -4.75. The van der Waals surface area contributed by atoms with E-state index in [1.165, 1.54) is 17.8 Å². The van der Waals surface area contributed by atoms with E-state index in [2.05, 4.69) is 0 Å². The van der Waals surface area contributed by atoms with Gasteiger partial charge in [-0.05, 0) is 74.8 Å². The van der Waals surface area contributed by atoms with Crippen LogP contribution in [0.1, 0.15) is 37.3 Å². The number of nitriles is 1. The molecule has 5 rings (SSSR count). The van der Waals surface area contributed by atoms with Crippen LogP contribution in [0.15, 0.2) is 41.3 Å². The molecule has 2 aromatic carbocycles. The van der Waals surface area contributed by atoms with Gasteiger partial charge in [-0.3, -0.25) is 9.69 Å². The molecule has 0 radical (unpaired) electrons. The number of carbonyl (C=O) groups excluding carboxylic acids is 1. The number of hydrogen-bond donors (Lipinski definition) is 1. The Bertz CT molecular complexity index is 1270. The van der Waals surface area contributed by atoms with Crippen LogP contribution in [0.3, 0.4) is 0 Å². The highest BCUT2D eigenvalue weighted by atomic mass is 32.2. The summed E-state index contributed by atoms with van der Waals surface area (Å²) in [6, 6.07) is 10.1. The lowest BCUT2D eigenvalue weighted by Crippen LogP contribution is -2.55. The summed E-state index contributed by atoms with van der Waals surface area (Å²) in [5.41, 5.74) is -1.95. The van der Waals surface area contributed by atoms with Gasteiger partial charge in [-0.2, -0.15) is 18.4 Å². The molecule has 1 saturated carbocycles. The number of alkyl halides is 3. The number of amides is 1. The number of fused-ring (bicyclic) bond motifs is 1. The van der Waals surface area contributed by atoms with Crippen LogP contribution in [-0.4, -0.2) is 39.6 Å². The monoisotopic (exact) mass is 519 g/mol. The van der Waals surface area contributed by atoms with Gasteiger partial charge in [-0.25, -0.2) is 0 Å². The third kappa shape index (κ3) is 3.75. The smallest absolute Gasteiger partial charge is 0.417 e. The summed E-state index contributed by atoms with van der Waals surface area (Å²) in [4.78, 5) is 17.3. The standard InChI is InChI=1S/C24H20F3N3O3S2/c1-13(31)19-12-35-20-10-16(5-6-18(20)33-19)30-22(34)29(21(32)23(30)7-2-8-23)15-4-3-14(11-28)17(9-15)24(25,26)27/h3-6,9-10,13,19,31H,2,7-8,12H2,1H3/t13-,19-/m0/s1. The lowest BCUT2D eigenvalue weighted by Gasteiger charge is -2.43. The van der Waals surface area contributed by atoms with Crippen LogP contribution in [0.4, 0.5) is 24.5 Å². The van der Waals surface area contributed by atoms with Gasteiger partial charge in [-0.1, -0.05) is 0 Å². The highest BCUT2D eigenvalue weighted by molar-refractivity contribution is 7.99. The molecule has 2 aromatic rings. The third-order valence-electron chi connectivity index (χ3n) is 6.68. The number of nitrogens with zero attached hydrogens (tertiary/aromatic N) is 3. The van der Waals surface area contributed by atoms with Crippen molar-refractivity contribution in [3.05, 3.63) is 47.5 Å². The van der Waals surface area contributed by atoms with Crippen LogP contribution in [0, 0.1) is 11.3 Å². The van der Waals surface area contributed by atoms with Gasteiger partial charge in [0.25, 0.3) is 5.91 Å². The van der Waals surface area contributed by atoms with E-state index in [-0.39, 0.29) is 22.8 Å². The van der Waals surface area contributed by atoms with Crippen molar-refractivity contribution in [2.75, 3.05) is 15.6 Å². The Morgan fingerprint density at radius 2 is 1.97 bits per heavy atom. The first-order valence-corrected chi connectivity index (χ1v) is 12.4. The SMILES string of the molecule is C[C@H](O)[C@@H]1CSc2cc(N3C(=S)N(c4ccc(C#N)c(C(F)(F)F)c4)C(=O)C34CCC4)ccc2O1. The van der Waals surface area contributed by atoms with Crippen molar-refractivity contribution in [2.24, 2.45) is 0 Å². The predicted octanol–water partition coefficient (Wildman–Crippen LogP) is 4.87. The van der Waals surface area contributed by atoms with Gasteiger partial charge < -0.3 is 14.7 Å². The average Bonchev–Trinajstić information content (AvgIpc) is 3.04. The van der Waals surface area contributed by atoms with Gasteiger partial charge in [0, 0.05) is 11.4 Å². The van der Waals surface area contributed by atoms with Crippen molar-refractivity contribution >= 4 is 46.4 Å². The van der Waals surface area contributed by atoms with Crippen LogP contribution >= 0.6 is 24.0 Å². The van der Waals surface area contributed by atoms with Gasteiger partial charge in [0.05, 0.1) is 33.9 Å². The number of rotatable bonds is 3. The highest BCUT2D eigenvalue weighted by Gasteiger charge is 2.59. The second kappa shape index (κ2) is 8.40. The van der Waals surface area contributed by atoms with Crippen molar-refractivity contribution in [2.45, 2.75) is 55.0 Å². The van der Waals surface area contributed by atoms with Crippen molar-refractivity contribution in [3.63, 3.8) is 0 Å². The molecule has 1 saturated heterocycles. The lowest BCUT2D eigenvalue weighted by atomic mass is 9.75. The molecule has 0 unspecified atom stereocenters. The molecule has 11 heteroatoms. The fourth-order valence-electron chi connectivity index (χ4n) is 4.66. The Hall–Kier alpha value is -2.81. The number of halogens is 3. The Labute approximate surface area is 209 Å². The molecular formula is C24H20F3N3O3S2. The number of benzene rings is 2. The maximum atomic E-state index is 13.6. The van der Waals surface area contributed by atoms with Crippen LogP contribution in [0.5, 0.6) is 5.75 Å². The first-order chi connectivity index (χ1) is 16.6. The van der Waals surface area contributed by atoms with Crippen molar-refractivity contribution in [3.8, 4) is 11.8 Å². The quantitative estimate of drug-likeness (QED) is 0.580. The van der Waals surface area contributed by atoms with Gasteiger partial charge in [0.1, 0.15) is 17.4 Å². The molecule has 0 bridgehead atoms. The molecule has 2 aliphatic heterocycles. The van der Waals surface area contributed by atoms with Crippen LogP contribution in [-0.2, 0) is 11.0 Å². The van der Waals surface area contributed by atoms with E-state index in [1.807, 2.05) is 6.07 Å². The fourth-order valence-corrected chi connectivity index (χ4v) is 6.29. The molecule has 3 aliphatic rings. The molecule has 35 heavy (non-hydrogen) atoms. The molecular weight excluding hydrogens is 499 g/mol. The fraction of sp³-hybridized carbons (Fsp3) is 0.375. The number of hydrogen-bond acceptors (Lipinski definition) is 6. The lowest BCUT2D eigenvalue weighted by molar-refractivity contribution is -0.137.